The minimum Gasteiger partial charge on any atom is -0.478 e. The van der Waals surface area contributed by atoms with Gasteiger partial charge in [-0.25, -0.2) is 9.59 Å². The molecule has 0 fully saturated rings. The van der Waals surface area contributed by atoms with E-state index < -0.39 is 11.9 Å². The van der Waals surface area contributed by atoms with E-state index in [2.05, 4.69) is 19.9 Å². The summed E-state index contributed by atoms with van der Waals surface area (Å²) in [5.74, 6) is -1.76. The highest BCUT2D eigenvalue weighted by Gasteiger charge is 2.24. The topological polar surface area (TPSA) is 74.6 Å². The highest BCUT2D eigenvalue weighted by molar-refractivity contribution is 6.04. The highest BCUT2D eigenvalue weighted by atomic mass is 16.4. The standard InChI is InChI=1S/C26H26O4/c1-5-17-14-22(15(2)3)16(4)23(18-10-6-8-12-20(18)25(27)28)24(17)19-11-7-9-13-21(19)26(29)30/h6-15H,5H2,1-4H3,(H,27,28)(H,29,30). The maximum atomic E-state index is 12.0. The minimum atomic E-state index is -1.00. The molecule has 154 valence electrons. The summed E-state index contributed by atoms with van der Waals surface area (Å²) < 4.78 is 0. The summed E-state index contributed by atoms with van der Waals surface area (Å²) in [7, 11) is 0. The maximum absolute atomic E-state index is 12.0. The number of aromatic carboxylic acids is 2. The fourth-order valence-electron chi connectivity index (χ4n) is 4.16. The van der Waals surface area contributed by atoms with Gasteiger partial charge in [0, 0.05) is 0 Å². The van der Waals surface area contributed by atoms with Gasteiger partial charge >= 0.3 is 11.9 Å². The summed E-state index contributed by atoms with van der Waals surface area (Å²) in [5.41, 5.74) is 6.34. The number of rotatable bonds is 6. The zero-order valence-corrected chi connectivity index (χ0v) is 17.7. The van der Waals surface area contributed by atoms with Crippen LogP contribution in [0.25, 0.3) is 22.3 Å². The van der Waals surface area contributed by atoms with Crippen LogP contribution in [0.5, 0.6) is 0 Å². The van der Waals surface area contributed by atoms with Gasteiger partial charge in [0.2, 0.25) is 0 Å². The molecular weight excluding hydrogens is 376 g/mol. The van der Waals surface area contributed by atoms with Gasteiger partial charge in [-0.05, 0) is 70.3 Å². The van der Waals surface area contributed by atoms with Crippen LogP contribution in [0.1, 0.15) is 64.1 Å². The van der Waals surface area contributed by atoms with E-state index in [0.29, 0.717) is 17.5 Å². The Bertz CT molecular complexity index is 1130. The van der Waals surface area contributed by atoms with Crippen molar-refractivity contribution in [3.05, 3.63) is 82.4 Å². The smallest absolute Gasteiger partial charge is 0.336 e. The second-order valence-electron chi connectivity index (χ2n) is 7.71. The monoisotopic (exact) mass is 402 g/mol. The maximum Gasteiger partial charge on any atom is 0.336 e. The number of carboxylic acid groups (broad SMARTS) is 2. The lowest BCUT2D eigenvalue weighted by Crippen LogP contribution is -2.08. The lowest BCUT2D eigenvalue weighted by Gasteiger charge is -2.24. The first kappa shape index (κ1) is 21.3. The number of carboxylic acids is 2. The molecule has 0 heterocycles. The van der Waals surface area contributed by atoms with E-state index in [1.807, 2.05) is 32.0 Å². The molecule has 2 N–H and O–H groups in total. The summed E-state index contributed by atoms with van der Waals surface area (Å²) in [6.45, 7) is 8.25. The second kappa shape index (κ2) is 8.54. The summed E-state index contributed by atoms with van der Waals surface area (Å²) >= 11 is 0. The SMILES string of the molecule is CCc1cc(C(C)C)c(C)c(-c2ccccc2C(=O)O)c1-c1ccccc1C(=O)O. The molecule has 0 aliphatic carbocycles. The molecule has 0 spiro atoms. The molecule has 4 heteroatoms. The van der Waals surface area contributed by atoms with Crippen molar-refractivity contribution in [3.63, 3.8) is 0 Å². The number of hydrogen-bond acceptors (Lipinski definition) is 2. The normalized spacial score (nSPS) is 11.0. The molecule has 0 aromatic heterocycles. The van der Waals surface area contributed by atoms with Crippen LogP contribution in [0.15, 0.2) is 54.6 Å². The van der Waals surface area contributed by atoms with Crippen molar-refractivity contribution >= 4 is 11.9 Å². The molecular formula is C26H26O4. The zero-order valence-electron chi connectivity index (χ0n) is 17.7. The molecule has 0 bridgehead atoms. The summed E-state index contributed by atoms with van der Waals surface area (Å²) in [6, 6.07) is 16.0. The van der Waals surface area contributed by atoms with Gasteiger partial charge in [-0.1, -0.05) is 63.2 Å². The molecule has 3 aromatic carbocycles. The van der Waals surface area contributed by atoms with Gasteiger partial charge in [0.05, 0.1) is 11.1 Å². The number of aryl methyl sites for hydroxylation is 1. The number of carbonyl (C=O) groups is 2. The van der Waals surface area contributed by atoms with E-state index in [1.165, 1.54) is 0 Å². The van der Waals surface area contributed by atoms with Gasteiger partial charge in [-0.2, -0.15) is 0 Å². The third-order valence-corrected chi connectivity index (χ3v) is 5.57. The molecule has 0 radical (unpaired) electrons. The lowest BCUT2D eigenvalue weighted by atomic mass is 9.79. The van der Waals surface area contributed by atoms with Crippen molar-refractivity contribution in [2.45, 2.75) is 40.0 Å². The van der Waals surface area contributed by atoms with E-state index in [1.54, 1.807) is 30.3 Å². The van der Waals surface area contributed by atoms with E-state index in [4.69, 9.17) is 0 Å². The van der Waals surface area contributed by atoms with Gasteiger partial charge in [-0.3, -0.25) is 0 Å². The third-order valence-electron chi connectivity index (χ3n) is 5.57. The molecule has 3 rings (SSSR count). The predicted octanol–water partition coefficient (Wildman–Crippen LogP) is 6.41. The fourth-order valence-corrected chi connectivity index (χ4v) is 4.16. The Labute approximate surface area is 176 Å². The fraction of sp³-hybridized carbons (Fsp3) is 0.231. The number of benzene rings is 3. The largest absolute Gasteiger partial charge is 0.478 e. The quantitative estimate of drug-likeness (QED) is 0.499. The molecule has 30 heavy (non-hydrogen) atoms. The lowest BCUT2D eigenvalue weighted by molar-refractivity contribution is 0.0686. The summed E-state index contributed by atoms with van der Waals surface area (Å²) in [6.07, 6.45) is 0.700. The third kappa shape index (κ3) is 3.73. The summed E-state index contributed by atoms with van der Waals surface area (Å²) in [5, 5.41) is 19.6. The van der Waals surface area contributed by atoms with Crippen molar-refractivity contribution in [2.75, 3.05) is 0 Å². The number of hydrogen-bond donors (Lipinski definition) is 2. The highest BCUT2D eigenvalue weighted by Crippen LogP contribution is 2.43. The predicted molar refractivity (Wildman–Crippen MR) is 119 cm³/mol. The van der Waals surface area contributed by atoms with Crippen LogP contribution in [-0.4, -0.2) is 22.2 Å². The Hall–Kier alpha value is -3.40. The Morgan fingerprint density at radius 1 is 0.833 bits per heavy atom. The molecule has 3 aromatic rings. The molecule has 0 aliphatic rings. The molecule has 0 aliphatic heterocycles. The summed E-state index contributed by atoms with van der Waals surface area (Å²) in [4.78, 5) is 24.0. The first-order chi connectivity index (χ1) is 14.3. The van der Waals surface area contributed by atoms with Crippen LogP contribution in [0.3, 0.4) is 0 Å². The van der Waals surface area contributed by atoms with Crippen molar-refractivity contribution in [3.8, 4) is 22.3 Å². The van der Waals surface area contributed by atoms with Crippen LogP contribution in [0, 0.1) is 6.92 Å². The van der Waals surface area contributed by atoms with E-state index in [9.17, 15) is 19.8 Å². The van der Waals surface area contributed by atoms with E-state index in [-0.39, 0.29) is 17.0 Å². The first-order valence-corrected chi connectivity index (χ1v) is 10.1. The zero-order chi connectivity index (χ0) is 22.0. The van der Waals surface area contributed by atoms with Crippen molar-refractivity contribution in [1.29, 1.82) is 0 Å². The average Bonchev–Trinajstić information content (AvgIpc) is 2.73. The minimum absolute atomic E-state index is 0.206. The molecule has 0 atom stereocenters. The van der Waals surface area contributed by atoms with E-state index in [0.717, 1.165) is 27.8 Å². The molecule has 0 amide bonds. The van der Waals surface area contributed by atoms with Crippen molar-refractivity contribution in [2.24, 2.45) is 0 Å². The van der Waals surface area contributed by atoms with Crippen molar-refractivity contribution in [1.82, 2.24) is 0 Å². The van der Waals surface area contributed by atoms with Gasteiger partial charge in [-0.15, -0.1) is 0 Å². The molecule has 0 saturated carbocycles. The van der Waals surface area contributed by atoms with Crippen LogP contribution in [0.2, 0.25) is 0 Å². The molecule has 0 saturated heterocycles. The first-order valence-electron chi connectivity index (χ1n) is 10.1. The van der Waals surface area contributed by atoms with Crippen LogP contribution in [-0.2, 0) is 6.42 Å². The molecule has 0 unspecified atom stereocenters. The van der Waals surface area contributed by atoms with Gasteiger partial charge in [0.15, 0.2) is 0 Å². The Morgan fingerprint density at radius 2 is 1.30 bits per heavy atom. The van der Waals surface area contributed by atoms with Crippen molar-refractivity contribution < 1.29 is 19.8 Å². The average molecular weight is 402 g/mol. The van der Waals surface area contributed by atoms with Gasteiger partial charge in [0.25, 0.3) is 0 Å². The Balaban J connectivity index is 2.55. The Kier molecular flexibility index (Phi) is 6.06. The van der Waals surface area contributed by atoms with Crippen LogP contribution >= 0.6 is 0 Å². The molecule has 4 nitrogen and oxygen atoms in total. The second-order valence-corrected chi connectivity index (χ2v) is 7.71. The van der Waals surface area contributed by atoms with E-state index >= 15 is 0 Å². The van der Waals surface area contributed by atoms with Gasteiger partial charge in [0.1, 0.15) is 0 Å². The Morgan fingerprint density at radius 3 is 1.73 bits per heavy atom. The van der Waals surface area contributed by atoms with Gasteiger partial charge < -0.3 is 10.2 Å². The van der Waals surface area contributed by atoms with Crippen LogP contribution in [0.4, 0.5) is 0 Å². The van der Waals surface area contributed by atoms with Crippen LogP contribution < -0.4 is 0 Å².